The van der Waals surface area contributed by atoms with E-state index in [0.717, 1.165) is 0 Å². The largest absolute Gasteiger partial charge is 0.492 e. The molecule has 1 N–H and O–H groups in total. The van der Waals surface area contributed by atoms with Crippen molar-refractivity contribution >= 4 is 5.97 Å². The van der Waals surface area contributed by atoms with Gasteiger partial charge in [0.15, 0.2) is 0 Å². The maximum atomic E-state index is 12.3. The lowest BCUT2D eigenvalue weighted by molar-refractivity contribution is -0.161. The molecule has 1 aromatic rings. The first-order valence-corrected chi connectivity index (χ1v) is 5.83. The quantitative estimate of drug-likeness (QED) is 0.921. The molecule has 0 amide bonds. The molecule has 1 aliphatic rings. The molecule has 1 atom stereocenters. The minimum absolute atomic E-state index is 0.0641. The predicted molar refractivity (Wildman–Crippen MR) is 61.0 cm³/mol. The zero-order valence-corrected chi connectivity index (χ0v) is 10.0. The molecule has 0 spiro atoms. The second-order valence-electron chi connectivity index (χ2n) is 4.77. The maximum Gasteiger partial charge on any atom is 0.389 e. The molecular formula is C13H13F3O3. The Bertz CT molecular complexity index is 484. The van der Waals surface area contributed by atoms with Crippen molar-refractivity contribution in [2.45, 2.75) is 25.4 Å². The molecule has 0 saturated carbocycles. The molecule has 1 unspecified atom stereocenters. The van der Waals surface area contributed by atoms with E-state index < -0.39 is 30.4 Å². The van der Waals surface area contributed by atoms with Crippen LogP contribution in [-0.2, 0) is 11.2 Å². The van der Waals surface area contributed by atoms with E-state index in [1.807, 2.05) is 0 Å². The normalized spacial score (nSPS) is 22.5. The fourth-order valence-electron chi connectivity index (χ4n) is 2.21. The summed E-state index contributed by atoms with van der Waals surface area (Å²) in [5.41, 5.74) is -0.859. The number of benzene rings is 1. The van der Waals surface area contributed by atoms with Gasteiger partial charge in [0.25, 0.3) is 0 Å². The molecule has 1 aromatic carbocycles. The van der Waals surface area contributed by atoms with E-state index in [2.05, 4.69) is 0 Å². The first kappa shape index (κ1) is 13.7. The summed E-state index contributed by atoms with van der Waals surface area (Å²) in [5.74, 6) is -0.697. The van der Waals surface area contributed by atoms with Crippen LogP contribution < -0.4 is 4.74 Å². The Labute approximate surface area is 108 Å². The van der Waals surface area contributed by atoms with Gasteiger partial charge >= 0.3 is 12.1 Å². The average Bonchev–Trinajstić information content (AvgIpc) is 2.35. The zero-order chi connectivity index (χ0) is 14.1. The molecule has 104 valence electrons. The van der Waals surface area contributed by atoms with E-state index in [1.165, 1.54) is 0 Å². The molecule has 1 heterocycles. The van der Waals surface area contributed by atoms with Gasteiger partial charge in [0, 0.05) is 6.42 Å². The molecule has 3 nitrogen and oxygen atoms in total. The van der Waals surface area contributed by atoms with Crippen molar-refractivity contribution in [1.29, 1.82) is 0 Å². The number of hydrogen-bond donors (Lipinski definition) is 1. The summed E-state index contributed by atoms with van der Waals surface area (Å²) in [6.07, 6.45) is -5.89. The highest BCUT2D eigenvalue weighted by Gasteiger charge is 2.45. The summed E-state index contributed by atoms with van der Waals surface area (Å²) in [7, 11) is 0. The summed E-state index contributed by atoms with van der Waals surface area (Å²) in [6.45, 7) is -0.227. The minimum atomic E-state index is -4.36. The summed E-state index contributed by atoms with van der Waals surface area (Å²) in [5, 5.41) is 9.26. The lowest BCUT2D eigenvalue weighted by Crippen LogP contribution is -2.42. The summed E-state index contributed by atoms with van der Waals surface area (Å²) >= 11 is 0. The standard InChI is InChI=1S/C13H13F3O3/c14-13(15,16)6-5-12(11(17)18)7-9-3-1-2-4-10(9)19-8-12/h1-4H,5-8H2,(H,17,18). The SMILES string of the molecule is O=C(O)C1(CCC(F)(F)F)COc2ccccc2C1. The van der Waals surface area contributed by atoms with Crippen LogP contribution in [-0.4, -0.2) is 23.9 Å². The molecule has 0 bridgehead atoms. The highest BCUT2D eigenvalue weighted by molar-refractivity contribution is 5.76. The molecule has 6 heteroatoms. The topological polar surface area (TPSA) is 46.5 Å². The van der Waals surface area contributed by atoms with Gasteiger partial charge in [0.2, 0.25) is 0 Å². The van der Waals surface area contributed by atoms with E-state index in [4.69, 9.17) is 4.74 Å². The number of halogens is 3. The van der Waals surface area contributed by atoms with E-state index in [0.29, 0.717) is 11.3 Å². The van der Waals surface area contributed by atoms with E-state index >= 15 is 0 Å². The van der Waals surface area contributed by atoms with Crippen molar-refractivity contribution in [3.8, 4) is 5.75 Å². The van der Waals surface area contributed by atoms with Gasteiger partial charge in [-0.1, -0.05) is 18.2 Å². The van der Waals surface area contributed by atoms with Crippen LogP contribution in [0.15, 0.2) is 24.3 Å². The second kappa shape index (κ2) is 4.75. The predicted octanol–water partition coefficient (Wildman–Crippen LogP) is 3.04. The lowest BCUT2D eigenvalue weighted by Gasteiger charge is -2.34. The molecule has 0 saturated heterocycles. The minimum Gasteiger partial charge on any atom is -0.492 e. The van der Waals surface area contributed by atoms with Crippen molar-refractivity contribution < 1.29 is 27.8 Å². The molecule has 0 aromatic heterocycles. The Morgan fingerprint density at radius 2 is 2.05 bits per heavy atom. The first-order chi connectivity index (χ1) is 8.82. The van der Waals surface area contributed by atoms with Gasteiger partial charge in [-0.2, -0.15) is 13.2 Å². The highest BCUT2D eigenvalue weighted by atomic mass is 19.4. The maximum absolute atomic E-state index is 12.3. The molecule has 0 radical (unpaired) electrons. The average molecular weight is 274 g/mol. The van der Waals surface area contributed by atoms with Gasteiger partial charge in [-0.3, -0.25) is 4.79 Å². The Hall–Kier alpha value is -1.72. The van der Waals surface area contributed by atoms with Crippen LogP contribution in [0, 0.1) is 5.41 Å². The monoisotopic (exact) mass is 274 g/mol. The number of ether oxygens (including phenoxy) is 1. The van der Waals surface area contributed by atoms with Crippen molar-refractivity contribution in [2.75, 3.05) is 6.61 Å². The lowest BCUT2D eigenvalue weighted by atomic mass is 9.76. The summed E-state index contributed by atoms with van der Waals surface area (Å²) in [4.78, 5) is 11.4. The number of carboxylic acid groups (broad SMARTS) is 1. The molecule has 2 rings (SSSR count). The third-order valence-electron chi connectivity index (χ3n) is 3.35. The van der Waals surface area contributed by atoms with Gasteiger partial charge in [-0.05, 0) is 24.5 Å². The summed E-state index contributed by atoms with van der Waals surface area (Å²) < 4.78 is 42.2. The Kier molecular flexibility index (Phi) is 3.43. The van der Waals surface area contributed by atoms with Crippen molar-refractivity contribution in [3.63, 3.8) is 0 Å². The summed E-state index contributed by atoms with van der Waals surface area (Å²) in [6, 6.07) is 6.82. The van der Waals surface area contributed by atoms with Crippen LogP contribution in [0.5, 0.6) is 5.75 Å². The smallest absolute Gasteiger partial charge is 0.389 e. The molecule has 19 heavy (non-hydrogen) atoms. The van der Waals surface area contributed by atoms with Gasteiger partial charge in [0.05, 0.1) is 0 Å². The number of alkyl halides is 3. The molecule has 0 fully saturated rings. The second-order valence-corrected chi connectivity index (χ2v) is 4.77. The highest BCUT2D eigenvalue weighted by Crippen LogP contribution is 2.40. The third-order valence-corrected chi connectivity index (χ3v) is 3.35. The van der Waals surface area contributed by atoms with Crippen LogP contribution in [0.3, 0.4) is 0 Å². The van der Waals surface area contributed by atoms with Crippen molar-refractivity contribution in [1.82, 2.24) is 0 Å². The number of carbonyl (C=O) groups is 1. The number of hydrogen-bond acceptors (Lipinski definition) is 2. The Morgan fingerprint density at radius 3 is 2.68 bits per heavy atom. The van der Waals surface area contributed by atoms with Crippen LogP contribution in [0.1, 0.15) is 18.4 Å². The van der Waals surface area contributed by atoms with Gasteiger partial charge in [-0.15, -0.1) is 0 Å². The fraction of sp³-hybridized carbons (Fsp3) is 0.462. The number of aliphatic carboxylic acids is 1. The Morgan fingerprint density at radius 1 is 1.37 bits per heavy atom. The molecular weight excluding hydrogens is 261 g/mol. The van der Waals surface area contributed by atoms with Crippen molar-refractivity contribution in [3.05, 3.63) is 29.8 Å². The van der Waals surface area contributed by atoms with Gasteiger partial charge < -0.3 is 9.84 Å². The van der Waals surface area contributed by atoms with Gasteiger partial charge in [0.1, 0.15) is 17.8 Å². The first-order valence-electron chi connectivity index (χ1n) is 5.83. The van der Waals surface area contributed by atoms with E-state index in [1.54, 1.807) is 24.3 Å². The van der Waals surface area contributed by atoms with Crippen LogP contribution in [0.4, 0.5) is 13.2 Å². The van der Waals surface area contributed by atoms with Gasteiger partial charge in [-0.25, -0.2) is 0 Å². The van der Waals surface area contributed by atoms with Crippen LogP contribution >= 0.6 is 0 Å². The zero-order valence-electron chi connectivity index (χ0n) is 10.0. The number of fused-ring (bicyclic) bond motifs is 1. The Balaban J connectivity index is 2.21. The number of para-hydroxylation sites is 1. The number of rotatable bonds is 3. The third kappa shape index (κ3) is 3.00. The van der Waals surface area contributed by atoms with Crippen LogP contribution in [0.2, 0.25) is 0 Å². The van der Waals surface area contributed by atoms with E-state index in [-0.39, 0.29) is 13.0 Å². The molecule has 1 aliphatic heterocycles. The fourth-order valence-corrected chi connectivity index (χ4v) is 2.21. The van der Waals surface area contributed by atoms with Crippen LogP contribution in [0.25, 0.3) is 0 Å². The molecule has 0 aliphatic carbocycles. The van der Waals surface area contributed by atoms with E-state index in [9.17, 15) is 23.1 Å². The number of carboxylic acids is 1. The van der Waals surface area contributed by atoms with Crippen molar-refractivity contribution in [2.24, 2.45) is 5.41 Å².